The van der Waals surface area contributed by atoms with E-state index in [0.29, 0.717) is 0 Å². The molecule has 1 unspecified atom stereocenters. The standard InChI is InChI=1S/C13H29N3OS.HI/c1-13(2,3)11(17-5)10-16-12(14-4)15-8-7-9-18-6;/h11H,7-10H2,1-6H3,(H2,14,15,16);1H. The average molecular weight is 403 g/mol. The Balaban J connectivity index is 0. The molecule has 0 heterocycles. The van der Waals surface area contributed by atoms with Crippen molar-refractivity contribution in [1.82, 2.24) is 10.6 Å². The Bertz CT molecular complexity index is 245. The minimum Gasteiger partial charge on any atom is -0.379 e. The first kappa shape index (κ1) is 21.6. The van der Waals surface area contributed by atoms with E-state index in [1.807, 2.05) is 11.8 Å². The largest absolute Gasteiger partial charge is 0.379 e. The molecule has 4 nitrogen and oxygen atoms in total. The molecule has 0 aliphatic heterocycles. The molecule has 0 rings (SSSR count). The number of aliphatic imine (C=N–C) groups is 1. The number of hydrogen-bond donors (Lipinski definition) is 2. The molecule has 116 valence electrons. The zero-order valence-electron chi connectivity index (χ0n) is 13.1. The van der Waals surface area contributed by atoms with Gasteiger partial charge in [0.15, 0.2) is 5.96 Å². The highest BCUT2D eigenvalue weighted by molar-refractivity contribution is 14.0. The van der Waals surface area contributed by atoms with Crippen LogP contribution in [0.1, 0.15) is 27.2 Å². The van der Waals surface area contributed by atoms with E-state index in [1.165, 1.54) is 5.75 Å². The highest BCUT2D eigenvalue weighted by Gasteiger charge is 2.24. The van der Waals surface area contributed by atoms with Crippen LogP contribution in [0.4, 0.5) is 0 Å². The molecule has 0 saturated carbocycles. The smallest absolute Gasteiger partial charge is 0.191 e. The summed E-state index contributed by atoms with van der Waals surface area (Å²) in [5.74, 6) is 2.02. The fourth-order valence-electron chi connectivity index (χ4n) is 1.58. The van der Waals surface area contributed by atoms with Crippen molar-refractivity contribution in [2.75, 3.05) is 39.3 Å². The molecule has 19 heavy (non-hydrogen) atoms. The second kappa shape index (κ2) is 12.1. The summed E-state index contributed by atoms with van der Waals surface area (Å²) in [6.07, 6.45) is 3.44. The zero-order valence-corrected chi connectivity index (χ0v) is 16.2. The number of nitrogens with zero attached hydrogens (tertiary/aromatic N) is 1. The van der Waals surface area contributed by atoms with Gasteiger partial charge in [-0.1, -0.05) is 20.8 Å². The molecule has 0 amide bonds. The first-order valence-electron chi connectivity index (χ1n) is 6.42. The third-order valence-electron chi connectivity index (χ3n) is 2.75. The fraction of sp³-hybridized carbons (Fsp3) is 0.923. The predicted octanol–water partition coefficient (Wildman–Crippen LogP) is 2.58. The molecule has 0 spiro atoms. The van der Waals surface area contributed by atoms with Crippen LogP contribution < -0.4 is 10.6 Å². The maximum atomic E-state index is 5.50. The second-order valence-electron chi connectivity index (χ2n) is 5.32. The van der Waals surface area contributed by atoms with Crippen LogP contribution in [0.3, 0.4) is 0 Å². The number of thioether (sulfide) groups is 1. The van der Waals surface area contributed by atoms with Gasteiger partial charge in [-0.15, -0.1) is 24.0 Å². The molecular formula is C13H30IN3OS. The van der Waals surface area contributed by atoms with Crippen molar-refractivity contribution >= 4 is 41.7 Å². The normalized spacial score (nSPS) is 13.7. The van der Waals surface area contributed by atoms with E-state index in [2.05, 4.69) is 42.7 Å². The van der Waals surface area contributed by atoms with Crippen molar-refractivity contribution < 1.29 is 4.74 Å². The van der Waals surface area contributed by atoms with Gasteiger partial charge in [-0.2, -0.15) is 11.8 Å². The molecule has 0 aromatic carbocycles. The van der Waals surface area contributed by atoms with Gasteiger partial charge >= 0.3 is 0 Å². The fourth-order valence-corrected chi connectivity index (χ4v) is 2.01. The van der Waals surface area contributed by atoms with Crippen LogP contribution >= 0.6 is 35.7 Å². The van der Waals surface area contributed by atoms with Crippen molar-refractivity contribution in [3.8, 4) is 0 Å². The Kier molecular flexibility index (Phi) is 13.7. The molecule has 2 N–H and O–H groups in total. The van der Waals surface area contributed by atoms with Crippen molar-refractivity contribution in [2.24, 2.45) is 10.4 Å². The van der Waals surface area contributed by atoms with E-state index in [9.17, 15) is 0 Å². The average Bonchev–Trinajstić information content (AvgIpc) is 2.31. The first-order valence-corrected chi connectivity index (χ1v) is 7.81. The number of nitrogens with one attached hydrogen (secondary N) is 2. The Labute approximate surface area is 139 Å². The third kappa shape index (κ3) is 10.7. The lowest BCUT2D eigenvalue weighted by Gasteiger charge is -2.30. The van der Waals surface area contributed by atoms with Gasteiger partial charge in [0.25, 0.3) is 0 Å². The van der Waals surface area contributed by atoms with Crippen molar-refractivity contribution in [3.05, 3.63) is 0 Å². The molecule has 0 aliphatic rings. The summed E-state index contributed by atoms with van der Waals surface area (Å²) in [4.78, 5) is 4.21. The Morgan fingerprint density at radius 3 is 2.37 bits per heavy atom. The Hall–Kier alpha value is 0.310. The van der Waals surface area contributed by atoms with Crippen molar-refractivity contribution in [1.29, 1.82) is 0 Å². The molecule has 0 aromatic heterocycles. The Morgan fingerprint density at radius 2 is 1.95 bits per heavy atom. The topological polar surface area (TPSA) is 45.7 Å². The molecule has 0 aromatic rings. The third-order valence-corrected chi connectivity index (χ3v) is 3.44. The maximum absolute atomic E-state index is 5.50. The maximum Gasteiger partial charge on any atom is 0.191 e. The number of halogens is 1. The van der Waals surface area contributed by atoms with Crippen LogP contribution in [0.25, 0.3) is 0 Å². The number of ether oxygens (including phenoxy) is 1. The highest BCUT2D eigenvalue weighted by Crippen LogP contribution is 2.20. The summed E-state index contributed by atoms with van der Waals surface area (Å²) in [7, 11) is 3.55. The molecule has 0 fully saturated rings. The second-order valence-corrected chi connectivity index (χ2v) is 6.30. The van der Waals surface area contributed by atoms with Gasteiger partial charge in [0, 0.05) is 27.2 Å². The molecule has 6 heteroatoms. The molecule has 0 saturated heterocycles. The van der Waals surface area contributed by atoms with Gasteiger partial charge < -0.3 is 15.4 Å². The number of methoxy groups -OCH3 is 1. The molecule has 0 bridgehead atoms. The van der Waals surface area contributed by atoms with Gasteiger partial charge in [0.1, 0.15) is 0 Å². The monoisotopic (exact) mass is 403 g/mol. The molecular weight excluding hydrogens is 373 g/mol. The van der Waals surface area contributed by atoms with E-state index in [0.717, 1.165) is 25.5 Å². The zero-order chi connectivity index (χ0) is 14.0. The quantitative estimate of drug-likeness (QED) is 0.297. The molecule has 1 atom stereocenters. The molecule has 0 radical (unpaired) electrons. The lowest BCUT2D eigenvalue weighted by molar-refractivity contribution is 0.0205. The predicted molar refractivity (Wildman–Crippen MR) is 98.0 cm³/mol. The summed E-state index contributed by atoms with van der Waals surface area (Å²) < 4.78 is 5.50. The van der Waals surface area contributed by atoms with Crippen LogP contribution in [-0.4, -0.2) is 51.3 Å². The highest BCUT2D eigenvalue weighted by atomic mass is 127. The SMILES string of the molecule is CN=C(NCCCSC)NCC(OC)C(C)(C)C.I. The van der Waals surface area contributed by atoms with Crippen LogP contribution in [0.5, 0.6) is 0 Å². The van der Waals surface area contributed by atoms with Crippen LogP contribution in [0, 0.1) is 5.41 Å². The van der Waals surface area contributed by atoms with E-state index in [-0.39, 0.29) is 35.5 Å². The number of rotatable bonds is 7. The lowest BCUT2D eigenvalue weighted by atomic mass is 9.89. The van der Waals surface area contributed by atoms with E-state index >= 15 is 0 Å². The minimum atomic E-state index is 0. The van der Waals surface area contributed by atoms with Gasteiger partial charge in [-0.25, -0.2) is 0 Å². The first-order chi connectivity index (χ1) is 8.45. The van der Waals surface area contributed by atoms with Gasteiger partial charge in [-0.05, 0) is 23.8 Å². The van der Waals surface area contributed by atoms with Gasteiger partial charge in [0.05, 0.1) is 6.10 Å². The van der Waals surface area contributed by atoms with Crippen molar-refractivity contribution in [2.45, 2.75) is 33.3 Å². The summed E-state index contributed by atoms with van der Waals surface area (Å²) in [6, 6.07) is 0. The summed E-state index contributed by atoms with van der Waals surface area (Å²) in [5.41, 5.74) is 0.124. The summed E-state index contributed by atoms with van der Waals surface area (Å²) in [6.45, 7) is 8.25. The number of hydrogen-bond acceptors (Lipinski definition) is 3. The summed E-state index contributed by atoms with van der Waals surface area (Å²) >= 11 is 1.87. The van der Waals surface area contributed by atoms with Crippen LogP contribution in [0.15, 0.2) is 4.99 Å². The van der Waals surface area contributed by atoms with E-state index in [1.54, 1.807) is 14.2 Å². The van der Waals surface area contributed by atoms with Gasteiger partial charge in [-0.3, -0.25) is 4.99 Å². The van der Waals surface area contributed by atoms with E-state index < -0.39 is 0 Å². The van der Waals surface area contributed by atoms with E-state index in [4.69, 9.17) is 4.74 Å². The van der Waals surface area contributed by atoms with Crippen LogP contribution in [-0.2, 0) is 4.74 Å². The lowest BCUT2D eigenvalue weighted by Crippen LogP contribution is -2.45. The van der Waals surface area contributed by atoms with Gasteiger partial charge in [0.2, 0.25) is 0 Å². The minimum absolute atomic E-state index is 0. The van der Waals surface area contributed by atoms with Crippen molar-refractivity contribution in [3.63, 3.8) is 0 Å². The Morgan fingerprint density at radius 1 is 1.32 bits per heavy atom. The summed E-state index contributed by atoms with van der Waals surface area (Å²) in [5, 5.41) is 6.62. The van der Waals surface area contributed by atoms with Crippen LogP contribution in [0.2, 0.25) is 0 Å². The number of guanidine groups is 1. The molecule has 0 aliphatic carbocycles.